The molecule has 1 aliphatic rings. The van der Waals surface area contributed by atoms with E-state index in [2.05, 4.69) is 0 Å². The summed E-state index contributed by atoms with van der Waals surface area (Å²) in [4.78, 5) is 0. The molecular weight excluding hydrogens is 250 g/mol. The van der Waals surface area contributed by atoms with Gasteiger partial charge in [-0.3, -0.25) is 0 Å². The molecule has 0 radical (unpaired) electrons. The number of ether oxygens (including phenoxy) is 1. The molecule has 2 atom stereocenters. The Kier molecular flexibility index (Phi) is 5.45. The second-order valence-electron chi connectivity index (χ2n) is 5.09. The fourth-order valence-corrected chi connectivity index (χ4v) is 1.97. The fourth-order valence-electron chi connectivity index (χ4n) is 1.97. The van der Waals surface area contributed by atoms with Gasteiger partial charge in [-0.05, 0) is 50.3 Å². The van der Waals surface area contributed by atoms with Crippen molar-refractivity contribution in [3.8, 4) is 5.75 Å². The number of aliphatic hydroxyl groups is 1. The van der Waals surface area contributed by atoms with Crippen LogP contribution in [0.5, 0.6) is 5.75 Å². The van der Waals surface area contributed by atoms with Crippen molar-refractivity contribution in [2.24, 2.45) is 11.7 Å². The second-order valence-corrected chi connectivity index (χ2v) is 5.09. The van der Waals surface area contributed by atoms with Crippen LogP contribution in [0.4, 0.5) is 0 Å². The lowest BCUT2D eigenvalue weighted by molar-refractivity contribution is 0.122. The van der Waals surface area contributed by atoms with Crippen molar-refractivity contribution in [2.75, 3.05) is 0 Å². The number of hydrogen-bond acceptors (Lipinski definition) is 3. The number of aliphatic hydroxyl groups excluding tert-OH is 1. The Morgan fingerprint density at radius 3 is 2.22 bits per heavy atom. The molecule has 0 heterocycles. The van der Waals surface area contributed by atoms with Crippen molar-refractivity contribution >= 4 is 12.4 Å². The maximum atomic E-state index is 9.97. The molecule has 3 nitrogen and oxygen atoms in total. The monoisotopic (exact) mass is 271 g/mol. The van der Waals surface area contributed by atoms with Gasteiger partial charge >= 0.3 is 0 Å². The minimum atomic E-state index is -0.410. The molecule has 1 aliphatic carbocycles. The van der Waals surface area contributed by atoms with Crippen LogP contribution in [0.3, 0.4) is 0 Å². The van der Waals surface area contributed by atoms with Crippen molar-refractivity contribution in [3.05, 3.63) is 29.8 Å². The van der Waals surface area contributed by atoms with E-state index in [1.165, 1.54) is 0 Å². The second kappa shape index (κ2) is 6.41. The summed E-state index contributed by atoms with van der Waals surface area (Å²) in [6.07, 6.45) is 1.96. The lowest BCUT2D eigenvalue weighted by Gasteiger charge is -2.19. The van der Waals surface area contributed by atoms with Crippen LogP contribution in [0.2, 0.25) is 0 Å². The van der Waals surface area contributed by atoms with E-state index in [9.17, 15) is 5.11 Å². The predicted molar refractivity (Wildman–Crippen MR) is 75.1 cm³/mol. The molecule has 2 rings (SSSR count). The average molecular weight is 272 g/mol. The molecule has 102 valence electrons. The van der Waals surface area contributed by atoms with E-state index in [4.69, 9.17) is 10.5 Å². The summed E-state index contributed by atoms with van der Waals surface area (Å²) < 4.78 is 5.57. The molecular formula is C14H22ClNO2. The van der Waals surface area contributed by atoms with Gasteiger partial charge in [0.15, 0.2) is 0 Å². The molecule has 0 saturated heterocycles. The quantitative estimate of drug-likeness (QED) is 0.866. The van der Waals surface area contributed by atoms with Gasteiger partial charge in [0.25, 0.3) is 0 Å². The van der Waals surface area contributed by atoms with Gasteiger partial charge < -0.3 is 15.6 Å². The number of benzene rings is 1. The largest absolute Gasteiger partial charge is 0.491 e. The van der Waals surface area contributed by atoms with Crippen LogP contribution in [-0.4, -0.2) is 17.3 Å². The Labute approximate surface area is 115 Å². The smallest absolute Gasteiger partial charge is 0.119 e. The van der Waals surface area contributed by atoms with Gasteiger partial charge in [0.2, 0.25) is 0 Å². The first-order valence-electron chi connectivity index (χ1n) is 6.28. The predicted octanol–water partition coefficient (Wildman–Crippen LogP) is 2.67. The summed E-state index contributed by atoms with van der Waals surface area (Å²) >= 11 is 0. The maximum Gasteiger partial charge on any atom is 0.119 e. The van der Waals surface area contributed by atoms with Gasteiger partial charge in [-0.1, -0.05) is 12.1 Å². The molecule has 1 fully saturated rings. The highest BCUT2D eigenvalue weighted by atomic mass is 35.5. The minimum absolute atomic E-state index is 0. The van der Waals surface area contributed by atoms with Crippen LogP contribution in [0.25, 0.3) is 0 Å². The van der Waals surface area contributed by atoms with Crippen LogP contribution in [-0.2, 0) is 0 Å². The Morgan fingerprint density at radius 1 is 1.22 bits per heavy atom. The van der Waals surface area contributed by atoms with E-state index in [1.54, 1.807) is 0 Å². The third-order valence-corrected chi connectivity index (χ3v) is 3.11. The molecule has 4 heteroatoms. The van der Waals surface area contributed by atoms with Gasteiger partial charge in [-0.15, -0.1) is 12.4 Å². The third kappa shape index (κ3) is 3.87. The van der Waals surface area contributed by atoms with E-state index in [-0.39, 0.29) is 24.6 Å². The Morgan fingerprint density at radius 2 is 1.78 bits per heavy atom. The molecule has 0 aromatic heterocycles. The first-order chi connectivity index (χ1) is 8.08. The molecule has 1 saturated carbocycles. The summed E-state index contributed by atoms with van der Waals surface area (Å²) in [7, 11) is 0. The minimum Gasteiger partial charge on any atom is -0.491 e. The Balaban J connectivity index is 0.00000162. The zero-order chi connectivity index (χ0) is 12.4. The van der Waals surface area contributed by atoms with E-state index < -0.39 is 6.10 Å². The summed E-state index contributed by atoms with van der Waals surface area (Å²) in [5, 5.41) is 9.97. The number of halogens is 1. The van der Waals surface area contributed by atoms with Crippen molar-refractivity contribution in [1.82, 2.24) is 0 Å². The van der Waals surface area contributed by atoms with Gasteiger partial charge in [0.05, 0.1) is 18.2 Å². The topological polar surface area (TPSA) is 55.5 Å². The summed E-state index contributed by atoms with van der Waals surface area (Å²) in [6.45, 7) is 3.99. The first-order valence-corrected chi connectivity index (χ1v) is 6.28. The van der Waals surface area contributed by atoms with Crippen molar-refractivity contribution in [1.29, 1.82) is 0 Å². The SMILES string of the molecule is CC(C)Oc1ccc([C@H](N)[C@H](O)C2CC2)cc1.Cl. The lowest BCUT2D eigenvalue weighted by Crippen LogP contribution is -2.27. The fraction of sp³-hybridized carbons (Fsp3) is 0.571. The zero-order valence-electron chi connectivity index (χ0n) is 10.9. The molecule has 0 bridgehead atoms. The number of hydrogen-bond donors (Lipinski definition) is 2. The Hall–Kier alpha value is -0.770. The van der Waals surface area contributed by atoms with E-state index in [0.29, 0.717) is 5.92 Å². The molecule has 3 N–H and O–H groups in total. The molecule has 0 unspecified atom stereocenters. The highest BCUT2D eigenvalue weighted by Gasteiger charge is 2.34. The molecule has 1 aromatic carbocycles. The summed E-state index contributed by atoms with van der Waals surface area (Å²) in [5.74, 6) is 1.24. The Bertz CT molecular complexity index is 363. The highest BCUT2D eigenvalue weighted by Crippen LogP contribution is 2.37. The molecule has 0 aliphatic heterocycles. The van der Waals surface area contributed by atoms with Crippen LogP contribution in [0.1, 0.15) is 38.3 Å². The van der Waals surface area contributed by atoms with Gasteiger partial charge in [0.1, 0.15) is 5.75 Å². The standard InChI is InChI=1S/C14H21NO2.ClH/c1-9(2)17-12-7-5-10(6-8-12)13(15)14(16)11-3-4-11;/h5-9,11,13-14,16H,3-4,15H2,1-2H3;1H/t13-,14+;/m0./s1. The van der Waals surface area contributed by atoms with Crippen LogP contribution >= 0.6 is 12.4 Å². The molecule has 18 heavy (non-hydrogen) atoms. The van der Waals surface area contributed by atoms with Crippen molar-refractivity contribution in [2.45, 2.75) is 44.9 Å². The normalized spacial score (nSPS) is 18.1. The van der Waals surface area contributed by atoms with Crippen LogP contribution in [0.15, 0.2) is 24.3 Å². The average Bonchev–Trinajstić information content (AvgIpc) is 3.11. The molecule has 0 spiro atoms. The van der Waals surface area contributed by atoms with Gasteiger partial charge in [-0.25, -0.2) is 0 Å². The molecule has 0 amide bonds. The van der Waals surface area contributed by atoms with Crippen molar-refractivity contribution < 1.29 is 9.84 Å². The lowest BCUT2D eigenvalue weighted by atomic mass is 9.99. The zero-order valence-corrected chi connectivity index (χ0v) is 11.7. The number of rotatable bonds is 5. The van der Waals surface area contributed by atoms with E-state index >= 15 is 0 Å². The van der Waals surface area contributed by atoms with E-state index in [0.717, 1.165) is 24.2 Å². The summed E-state index contributed by atoms with van der Waals surface area (Å²) in [5.41, 5.74) is 7.01. The van der Waals surface area contributed by atoms with Crippen LogP contribution in [0, 0.1) is 5.92 Å². The van der Waals surface area contributed by atoms with Gasteiger partial charge in [0, 0.05) is 0 Å². The van der Waals surface area contributed by atoms with Crippen molar-refractivity contribution in [3.63, 3.8) is 0 Å². The third-order valence-electron chi connectivity index (χ3n) is 3.11. The van der Waals surface area contributed by atoms with Gasteiger partial charge in [-0.2, -0.15) is 0 Å². The molecule has 1 aromatic rings. The summed E-state index contributed by atoms with van der Waals surface area (Å²) in [6, 6.07) is 7.42. The number of nitrogens with two attached hydrogens (primary N) is 1. The highest BCUT2D eigenvalue weighted by molar-refractivity contribution is 5.85. The van der Waals surface area contributed by atoms with E-state index in [1.807, 2.05) is 38.1 Å². The maximum absolute atomic E-state index is 9.97. The first kappa shape index (κ1) is 15.3. The van der Waals surface area contributed by atoms with Crippen LogP contribution < -0.4 is 10.5 Å².